The molecule has 0 aliphatic heterocycles. The standard InChI is InChI=1S/C18H21N5O/c1-13-9-14(2)18(24-3)21-16(13)10-19-11-17-22-20-12-23(17)15-7-5-4-6-8-15/h4-9,12,19H,10-11H2,1-3H3. The molecule has 2 heterocycles. The summed E-state index contributed by atoms with van der Waals surface area (Å²) in [4.78, 5) is 4.56. The third kappa shape index (κ3) is 3.44. The summed E-state index contributed by atoms with van der Waals surface area (Å²) in [5.74, 6) is 1.53. The maximum atomic E-state index is 5.30. The summed E-state index contributed by atoms with van der Waals surface area (Å²) in [5, 5.41) is 11.6. The van der Waals surface area contributed by atoms with Crippen molar-refractivity contribution in [2.75, 3.05) is 7.11 Å². The maximum absolute atomic E-state index is 5.30. The van der Waals surface area contributed by atoms with Gasteiger partial charge in [0.25, 0.3) is 0 Å². The predicted octanol–water partition coefficient (Wildman–Crippen LogP) is 2.58. The van der Waals surface area contributed by atoms with Crippen molar-refractivity contribution in [3.05, 3.63) is 65.4 Å². The molecule has 6 heteroatoms. The Bertz CT molecular complexity index is 814. The van der Waals surface area contributed by atoms with E-state index in [1.54, 1.807) is 13.4 Å². The number of aryl methyl sites for hydroxylation is 2. The number of benzene rings is 1. The Hall–Kier alpha value is -2.73. The van der Waals surface area contributed by atoms with Gasteiger partial charge < -0.3 is 10.1 Å². The number of hydrogen-bond acceptors (Lipinski definition) is 5. The minimum atomic E-state index is 0.603. The molecular weight excluding hydrogens is 302 g/mol. The number of methoxy groups -OCH3 is 1. The molecule has 124 valence electrons. The van der Waals surface area contributed by atoms with Crippen LogP contribution in [0.25, 0.3) is 5.69 Å². The van der Waals surface area contributed by atoms with Crippen molar-refractivity contribution >= 4 is 0 Å². The normalized spacial score (nSPS) is 10.8. The molecule has 0 aliphatic rings. The molecule has 2 aromatic heterocycles. The Kier molecular flexibility index (Phi) is 4.86. The second-order valence-electron chi connectivity index (χ2n) is 5.63. The van der Waals surface area contributed by atoms with Crippen molar-refractivity contribution in [1.29, 1.82) is 0 Å². The summed E-state index contributed by atoms with van der Waals surface area (Å²) in [6, 6.07) is 12.1. The van der Waals surface area contributed by atoms with Crippen LogP contribution in [0.15, 0.2) is 42.7 Å². The van der Waals surface area contributed by atoms with Gasteiger partial charge in [-0.2, -0.15) is 0 Å². The molecule has 1 N–H and O–H groups in total. The second kappa shape index (κ2) is 7.23. The predicted molar refractivity (Wildman–Crippen MR) is 92.2 cm³/mol. The molecule has 24 heavy (non-hydrogen) atoms. The molecule has 0 saturated carbocycles. The highest BCUT2D eigenvalue weighted by Gasteiger charge is 2.09. The maximum Gasteiger partial charge on any atom is 0.216 e. The molecule has 1 aromatic carbocycles. The number of nitrogens with zero attached hydrogens (tertiary/aromatic N) is 4. The summed E-state index contributed by atoms with van der Waals surface area (Å²) in [6.45, 7) is 5.30. The van der Waals surface area contributed by atoms with Crippen LogP contribution in [0, 0.1) is 13.8 Å². The summed E-state index contributed by atoms with van der Waals surface area (Å²) >= 11 is 0. The fourth-order valence-electron chi connectivity index (χ4n) is 2.63. The van der Waals surface area contributed by atoms with Crippen LogP contribution >= 0.6 is 0 Å². The van der Waals surface area contributed by atoms with Crippen molar-refractivity contribution in [3.8, 4) is 11.6 Å². The van der Waals surface area contributed by atoms with E-state index in [0.29, 0.717) is 19.0 Å². The number of hydrogen-bond donors (Lipinski definition) is 1. The first-order valence-electron chi connectivity index (χ1n) is 7.85. The number of nitrogens with one attached hydrogen (secondary N) is 1. The molecule has 0 bridgehead atoms. The monoisotopic (exact) mass is 323 g/mol. The number of para-hydroxylation sites is 1. The lowest BCUT2D eigenvalue weighted by atomic mass is 10.1. The van der Waals surface area contributed by atoms with Gasteiger partial charge in [-0.3, -0.25) is 4.57 Å². The van der Waals surface area contributed by atoms with Crippen LogP contribution in [0.4, 0.5) is 0 Å². The first-order valence-corrected chi connectivity index (χ1v) is 7.85. The molecule has 3 aromatic rings. The summed E-state index contributed by atoms with van der Waals surface area (Å²) in [7, 11) is 1.64. The lowest BCUT2D eigenvalue weighted by Crippen LogP contribution is -2.18. The van der Waals surface area contributed by atoms with Gasteiger partial charge >= 0.3 is 0 Å². The van der Waals surface area contributed by atoms with Crippen molar-refractivity contribution in [2.24, 2.45) is 0 Å². The Morgan fingerprint density at radius 2 is 1.88 bits per heavy atom. The zero-order valence-corrected chi connectivity index (χ0v) is 14.2. The van der Waals surface area contributed by atoms with Crippen LogP contribution in [0.1, 0.15) is 22.6 Å². The molecule has 0 radical (unpaired) electrons. The highest BCUT2D eigenvalue weighted by molar-refractivity contribution is 5.33. The molecule has 0 atom stereocenters. The Morgan fingerprint density at radius 3 is 2.62 bits per heavy atom. The number of rotatable bonds is 6. The van der Waals surface area contributed by atoms with E-state index in [4.69, 9.17) is 4.74 Å². The van der Waals surface area contributed by atoms with Gasteiger partial charge in [0, 0.05) is 17.8 Å². The lowest BCUT2D eigenvalue weighted by Gasteiger charge is -2.11. The van der Waals surface area contributed by atoms with Crippen LogP contribution in [0.2, 0.25) is 0 Å². The van der Waals surface area contributed by atoms with E-state index >= 15 is 0 Å². The minimum Gasteiger partial charge on any atom is -0.481 e. The van der Waals surface area contributed by atoms with Crippen LogP contribution in [0.3, 0.4) is 0 Å². The fourth-order valence-corrected chi connectivity index (χ4v) is 2.63. The molecular formula is C18H21N5O. The first kappa shape index (κ1) is 16.1. The van der Waals surface area contributed by atoms with Gasteiger partial charge in [-0.05, 0) is 37.6 Å². The molecule has 0 unspecified atom stereocenters. The van der Waals surface area contributed by atoms with Gasteiger partial charge in [0.15, 0.2) is 5.82 Å². The molecule has 6 nitrogen and oxygen atoms in total. The van der Waals surface area contributed by atoms with Crippen molar-refractivity contribution in [2.45, 2.75) is 26.9 Å². The summed E-state index contributed by atoms with van der Waals surface area (Å²) in [5.41, 5.74) is 4.21. The molecule has 0 aliphatic carbocycles. The van der Waals surface area contributed by atoms with Crippen molar-refractivity contribution in [1.82, 2.24) is 25.1 Å². The quantitative estimate of drug-likeness (QED) is 0.755. The molecule has 0 spiro atoms. The largest absolute Gasteiger partial charge is 0.481 e. The van der Waals surface area contributed by atoms with E-state index in [-0.39, 0.29) is 0 Å². The van der Waals surface area contributed by atoms with Gasteiger partial charge in [-0.15, -0.1) is 10.2 Å². The number of ether oxygens (including phenoxy) is 1. The number of aromatic nitrogens is 4. The average Bonchev–Trinajstić information content (AvgIpc) is 3.06. The molecule has 0 amide bonds. The van der Waals surface area contributed by atoms with Crippen molar-refractivity contribution < 1.29 is 4.74 Å². The lowest BCUT2D eigenvalue weighted by molar-refractivity contribution is 0.392. The van der Waals surface area contributed by atoms with E-state index in [2.05, 4.69) is 33.5 Å². The minimum absolute atomic E-state index is 0.603. The van der Waals surface area contributed by atoms with Crippen LogP contribution < -0.4 is 10.1 Å². The van der Waals surface area contributed by atoms with Gasteiger partial charge in [0.2, 0.25) is 5.88 Å². The van der Waals surface area contributed by atoms with Crippen LogP contribution in [-0.4, -0.2) is 26.9 Å². The van der Waals surface area contributed by atoms with Gasteiger partial charge in [-0.25, -0.2) is 4.98 Å². The fraction of sp³-hybridized carbons (Fsp3) is 0.278. The Balaban J connectivity index is 1.69. The third-order valence-corrected chi connectivity index (χ3v) is 3.88. The van der Waals surface area contributed by atoms with Crippen LogP contribution in [0.5, 0.6) is 5.88 Å². The zero-order chi connectivity index (χ0) is 16.9. The van der Waals surface area contributed by atoms with Gasteiger partial charge in [-0.1, -0.05) is 18.2 Å². The highest BCUT2D eigenvalue weighted by atomic mass is 16.5. The SMILES string of the molecule is COc1nc(CNCc2nncn2-c2ccccc2)c(C)cc1C. The van der Waals surface area contributed by atoms with E-state index in [1.165, 1.54) is 0 Å². The molecule has 0 saturated heterocycles. The van der Waals surface area contributed by atoms with Gasteiger partial charge in [0.1, 0.15) is 6.33 Å². The van der Waals surface area contributed by atoms with E-state index < -0.39 is 0 Å². The summed E-state index contributed by atoms with van der Waals surface area (Å²) < 4.78 is 7.28. The van der Waals surface area contributed by atoms with E-state index in [0.717, 1.165) is 28.3 Å². The highest BCUT2D eigenvalue weighted by Crippen LogP contribution is 2.18. The van der Waals surface area contributed by atoms with E-state index in [1.807, 2.05) is 41.8 Å². The Morgan fingerprint density at radius 1 is 1.08 bits per heavy atom. The zero-order valence-electron chi connectivity index (χ0n) is 14.2. The number of pyridine rings is 1. The second-order valence-corrected chi connectivity index (χ2v) is 5.63. The molecule has 0 fully saturated rings. The summed E-state index contributed by atoms with van der Waals surface area (Å²) in [6.07, 6.45) is 1.73. The topological polar surface area (TPSA) is 64.9 Å². The molecule has 3 rings (SSSR count). The van der Waals surface area contributed by atoms with Gasteiger partial charge in [0.05, 0.1) is 19.3 Å². The smallest absolute Gasteiger partial charge is 0.216 e. The van der Waals surface area contributed by atoms with E-state index in [9.17, 15) is 0 Å². The van der Waals surface area contributed by atoms with Crippen molar-refractivity contribution in [3.63, 3.8) is 0 Å². The third-order valence-electron chi connectivity index (χ3n) is 3.88. The first-order chi connectivity index (χ1) is 11.7. The average molecular weight is 323 g/mol. The van der Waals surface area contributed by atoms with Crippen LogP contribution in [-0.2, 0) is 13.1 Å². The Labute approximate surface area is 141 Å².